The third kappa shape index (κ3) is 2.19. The smallest absolute Gasteiger partial charge is 0.151 e. The van der Waals surface area contributed by atoms with E-state index in [0.29, 0.717) is 12.1 Å². The number of aryl methyl sites for hydroxylation is 1. The van der Waals surface area contributed by atoms with E-state index in [2.05, 4.69) is 47.4 Å². The van der Waals surface area contributed by atoms with Gasteiger partial charge in [-0.25, -0.2) is 4.68 Å². The zero-order valence-corrected chi connectivity index (χ0v) is 12.1. The van der Waals surface area contributed by atoms with Gasteiger partial charge in [-0.05, 0) is 34.7 Å². The fourth-order valence-corrected chi connectivity index (χ4v) is 2.65. The molecule has 1 atom stereocenters. The van der Waals surface area contributed by atoms with Crippen molar-refractivity contribution >= 4 is 11.5 Å². The van der Waals surface area contributed by atoms with Gasteiger partial charge in [-0.2, -0.15) is 5.10 Å². The minimum Gasteiger partial charge on any atom is -0.394 e. The second-order valence-corrected chi connectivity index (χ2v) is 5.67. The lowest BCUT2D eigenvalue weighted by atomic mass is 10.2. The Balaban J connectivity index is 2.37. The minimum absolute atomic E-state index is 0.336. The molecule has 0 saturated carbocycles. The van der Waals surface area contributed by atoms with Crippen molar-refractivity contribution in [2.24, 2.45) is 0 Å². The van der Waals surface area contributed by atoms with Gasteiger partial charge in [0.25, 0.3) is 0 Å². The van der Waals surface area contributed by atoms with Crippen LogP contribution in [0.15, 0.2) is 0 Å². The van der Waals surface area contributed by atoms with E-state index in [-0.39, 0.29) is 0 Å². The highest BCUT2D eigenvalue weighted by atomic mass is 15.4. The molecule has 0 spiro atoms. The Kier molecular flexibility index (Phi) is 3.52. The summed E-state index contributed by atoms with van der Waals surface area (Å²) in [7, 11) is 2.17. The Morgan fingerprint density at radius 1 is 1.33 bits per heavy atom. The molecule has 102 valence electrons. The van der Waals surface area contributed by atoms with Crippen molar-refractivity contribution in [3.63, 3.8) is 0 Å². The quantitative estimate of drug-likeness (QED) is 0.865. The molecule has 1 aliphatic heterocycles. The minimum atomic E-state index is 0.336. The van der Waals surface area contributed by atoms with Crippen molar-refractivity contribution in [3.8, 4) is 0 Å². The number of nitrogens with zero attached hydrogens (tertiary/aromatic N) is 4. The lowest BCUT2D eigenvalue weighted by Gasteiger charge is -2.40. The summed E-state index contributed by atoms with van der Waals surface area (Å²) in [6.45, 7) is 11.7. The first-order valence-electron chi connectivity index (χ1n) is 6.71. The molecule has 5 nitrogen and oxygen atoms in total. The number of likely N-dealkylation sites (N-methyl/N-ethyl adjacent to an activating group) is 1. The van der Waals surface area contributed by atoms with E-state index in [1.54, 1.807) is 0 Å². The van der Waals surface area contributed by atoms with Gasteiger partial charge in [-0.1, -0.05) is 0 Å². The highest BCUT2D eigenvalue weighted by molar-refractivity contribution is 5.67. The largest absolute Gasteiger partial charge is 0.394 e. The summed E-state index contributed by atoms with van der Waals surface area (Å²) in [5, 5.41) is 4.57. The van der Waals surface area contributed by atoms with E-state index in [1.165, 1.54) is 0 Å². The normalized spacial score (nSPS) is 21.9. The average Bonchev–Trinajstić information content (AvgIpc) is 2.57. The topological polar surface area (TPSA) is 50.3 Å². The second-order valence-electron chi connectivity index (χ2n) is 5.67. The van der Waals surface area contributed by atoms with Crippen LogP contribution in [0, 0.1) is 6.92 Å². The number of hydrogen-bond donors (Lipinski definition) is 1. The van der Waals surface area contributed by atoms with Gasteiger partial charge in [0.1, 0.15) is 0 Å². The average molecular weight is 251 g/mol. The van der Waals surface area contributed by atoms with Crippen LogP contribution in [0.5, 0.6) is 0 Å². The van der Waals surface area contributed by atoms with Crippen molar-refractivity contribution in [2.75, 3.05) is 37.3 Å². The number of piperazine rings is 1. The molecule has 2 rings (SSSR count). The second kappa shape index (κ2) is 4.80. The molecule has 0 aliphatic carbocycles. The van der Waals surface area contributed by atoms with Gasteiger partial charge in [-0.3, -0.25) is 0 Å². The number of aromatic nitrogens is 2. The predicted molar refractivity (Wildman–Crippen MR) is 76.1 cm³/mol. The van der Waals surface area contributed by atoms with E-state index in [9.17, 15) is 0 Å². The molecular weight excluding hydrogens is 226 g/mol. The fourth-order valence-electron chi connectivity index (χ4n) is 2.65. The molecule has 1 aromatic heterocycles. The molecule has 5 heteroatoms. The maximum atomic E-state index is 6.23. The van der Waals surface area contributed by atoms with Gasteiger partial charge >= 0.3 is 0 Å². The third-order valence-electron chi connectivity index (χ3n) is 3.70. The summed E-state index contributed by atoms with van der Waals surface area (Å²) < 4.78 is 2.06. The van der Waals surface area contributed by atoms with Crippen molar-refractivity contribution in [1.29, 1.82) is 0 Å². The summed E-state index contributed by atoms with van der Waals surface area (Å²) in [6, 6.07) is 0.808. The van der Waals surface area contributed by atoms with Crippen molar-refractivity contribution in [2.45, 2.75) is 39.8 Å². The van der Waals surface area contributed by atoms with Crippen molar-refractivity contribution in [3.05, 3.63) is 5.69 Å². The molecule has 1 saturated heterocycles. The van der Waals surface area contributed by atoms with Gasteiger partial charge in [0, 0.05) is 31.7 Å². The van der Waals surface area contributed by atoms with E-state index in [0.717, 1.165) is 36.8 Å². The van der Waals surface area contributed by atoms with Crippen LogP contribution >= 0.6 is 0 Å². The van der Waals surface area contributed by atoms with Gasteiger partial charge in [-0.15, -0.1) is 0 Å². The number of hydrogen-bond acceptors (Lipinski definition) is 4. The number of anilines is 2. The molecule has 0 bridgehead atoms. The molecule has 0 amide bonds. The Morgan fingerprint density at radius 2 is 2.00 bits per heavy atom. The standard InChI is InChI=1S/C13H25N5/c1-9(2)18-13(12(14)11(4)15-18)17-7-6-16(5)8-10(17)3/h9-10H,6-8,14H2,1-5H3. The fraction of sp³-hybridized carbons (Fsp3) is 0.769. The Morgan fingerprint density at radius 3 is 2.56 bits per heavy atom. The lowest BCUT2D eigenvalue weighted by molar-refractivity contribution is 0.272. The van der Waals surface area contributed by atoms with Gasteiger partial charge in [0.15, 0.2) is 5.82 Å². The third-order valence-corrected chi connectivity index (χ3v) is 3.70. The van der Waals surface area contributed by atoms with Crippen molar-refractivity contribution < 1.29 is 0 Å². The van der Waals surface area contributed by atoms with E-state index in [4.69, 9.17) is 5.73 Å². The summed E-state index contributed by atoms with van der Waals surface area (Å²) in [5.74, 6) is 1.10. The van der Waals surface area contributed by atoms with E-state index < -0.39 is 0 Å². The molecule has 0 aromatic carbocycles. The van der Waals surface area contributed by atoms with E-state index >= 15 is 0 Å². The predicted octanol–water partition coefficient (Wildman–Crippen LogP) is 1.49. The monoisotopic (exact) mass is 251 g/mol. The van der Waals surface area contributed by atoms with E-state index in [1.807, 2.05) is 6.92 Å². The first-order valence-corrected chi connectivity index (χ1v) is 6.71. The summed E-state index contributed by atoms with van der Waals surface area (Å²) in [5.41, 5.74) is 8.00. The van der Waals surface area contributed by atoms with Crippen molar-refractivity contribution in [1.82, 2.24) is 14.7 Å². The van der Waals surface area contributed by atoms with Crippen LogP contribution in [0.3, 0.4) is 0 Å². The zero-order valence-electron chi connectivity index (χ0n) is 12.1. The van der Waals surface area contributed by atoms with Gasteiger partial charge in [0.05, 0.1) is 11.4 Å². The van der Waals surface area contributed by atoms with Gasteiger partial charge < -0.3 is 15.5 Å². The molecule has 0 radical (unpaired) electrons. The molecule has 18 heavy (non-hydrogen) atoms. The highest BCUT2D eigenvalue weighted by Gasteiger charge is 2.28. The molecule has 1 fully saturated rings. The molecule has 2 N–H and O–H groups in total. The van der Waals surface area contributed by atoms with Crippen LogP contribution in [0.2, 0.25) is 0 Å². The van der Waals surface area contributed by atoms with Crippen LogP contribution in [0.4, 0.5) is 11.5 Å². The Labute approximate surface area is 110 Å². The molecule has 1 aliphatic rings. The molecular formula is C13H25N5. The van der Waals surface area contributed by atoms with Crippen LogP contribution in [-0.4, -0.2) is 47.4 Å². The van der Waals surface area contributed by atoms with Gasteiger partial charge in [0.2, 0.25) is 0 Å². The first kappa shape index (κ1) is 13.2. The zero-order chi connectivity index (χ0) is 13.4. The maximum Gasteiger partial charge on any atom is 0.151 e. The molecule has 1 unspecified atom stereocenters. The summed E-state index contributed by atoms with van der Waals surface area (Å²) in [6.07, 6.45) is 0. The lowest BCUT2D eigenvalue weighted by Crippen LogP contribution is -2.51. The number of nitrogens with two attached hydrogens (primary N) is 1. The molecule has 1 aromatic rings. The summed E-state index contributed by atoms with van der Waals surface area (Å²) >= 11 is 0. The maximum absolute atomic E-state index is 6.23. The van der Waals surface area contributed by atoms with Crippen LogP contribution in [0.25, 0.3) is 0 Å². The SMILES string of the molecule is Cc1nn(C(C)C)c(N2CCN(C)CC2C)c1N. The Hall–Kier alpha value is -1.23. The number of rotatable bonds is 2. The Bertz CT molecular complexity index is 423. The summed E-state index contributed by atoms with van der Waals surface area (Å²) in [4.78, 5) is 4.76. The highest BCUT2D eigenvalue weighted by Crippen LogP contribution is 2.31. The molecule has 2 heterocycles. The van der Waals surface area contributed by atoms with Crippen LogP contribution in [-0.2, 0) is 0 Å². The van der Waals surface area contributed by atoms with Crippen LogP contribution in [0.1, 0.15) is 32.5 Å². The van der Waals surface area contributed by atoms with Crippen LogP contribution < -0.4 is 10.6 Å². The number of nitrogen functional groups attached to an aromatic ring is 1. The first-order chi connectivity index (χ1) is 8.41.